The molecule has 0 saturated carbocycles. The summed E-state index contributed by atoms with van der Waals surface area (Å²) < 4.78 is 2.06. The minimum atomic E-state index is -0.0867. The van der Waals surface area contributed by atoms with Crippen molar-refractivity contribution in [3.8, 4) is 0 Å². The van der Waals surface area contributed by atoms with Crippen LogP contribution >= 0.6 is 11.6 Å². The molecule has 2 aliphatic rings. The Balaban J connectivity index is 1.64. The Morgan fingerprint density at radius 1 is 1.19 bits per heavy atom. The molecule has 2 aliphatic heterocycles. The van der Waals surface area contributed by atoms with Gasteiger partial charge in [0.15, 0.2) is 0 Å². The van der Waals surface area contributed by atoms with Gasteiger partial charge < -0.3 is 4.57 Å². The summed E-state index contributed by atoms with van der Waals surface area (Å²) in [7, 11) is 2.01. The molecule has 1 aromatic heterocycles. The molecule has 0 bridgehead atoms. The summed E-state index contributed by atoms with van der Waals surface area (Å²) in [6, 6.07) is 11.7. The molecule has 136 valence electrons. The lowest BCUT2D eigenvalue weighted by molar-refractivity contribution is -0.134. The SMILES string of the molecule is Cn1cccc1C1CC(c2ccccc2Cl)=NN1C(=O)CN1CCCC1. The van der Waals surface area contributed by atoms with E-state index in [9.17, 15) is 4.79 Å². The molecule has 1 saturated heterocycles. The van der Waals surface area contributed by atoms with E-state index in [1.165, 1.54) is 12.8 Å². The van der Waals surface area contributed by atoms with Gasteiger partial charge in [0.05, 0.1) is 12.3 Å². The molecule has 1 unspecified atom stereocenters. The number of aryl methyl sites for hydroxylation is 1. The second-order valence-corrected chi connectivity index (χ2v) is 7.42. The molecule has 0 spiro atoms. The number of benzene rings is 1. The predicted molar refractivity (Wildman–Crippen MR) is 103 cm³/mol. The molecule has 5 nitrogen and oxygen atoms in total. The van der Waals surface area contributed by atoms with Crippen molar-refractivity contribution in [2.45, 2.75) is 25.3 Å². The van der Waals surface area contributed by atoms with Crippen LogP contribution in [0.4, 0.5) is 0 Å². The molecule has 6 heteroatoms. The van der Waals surface area contributed by atoms with Gasteiger partial charge >= 0.3 is 0 Å². The maximum Gasteiger partial charge on any atom is 0.257 e. The van der Waals surface area contributed by atoms with Gasteiger partial charge in [-0.2, -0.15) is 5.10 Å². The molecule has 1 fully saturated rings. The molecule has 1 amide bonds. The van der Waals surface area contributed by atoms with Gasteiger partial charge in [-0.15, -0.1) is 0 Å². The average Bonchev–Trinajstić information content (AvgIpc) is 3.35. The van der Waals surface area contributed by atoms with E-state index in [2.05, 4.69) is 15.5 Å². The Hall–Kier alpha value is -2.11. The van der Waals surface area contributed by atoms with Crippen LogP contribution in [-0.2, 0) is 11.8 Å². The van der Waals surface area contributed by atoms with Crippen LogP contribution in [0.1, 0.15) is 36.6 Å². The summed E-state index contributed by atoms with van der Waals surface area (Å²) in [4.78, 5) is 15.2. The number of likely N-dealkylation sites (tertiary alicyclic amines) is 1. The zero-order valence-electron chi connectivity index (χ0n) is 14.9. The second kappa shape index (κ2) is 7.25. The minimum Gasteiger partial charge on any atom is -0.353 e. The second-order valence-electron chi connectivity index (χ2n) is 7.01. The van der Waals surface area contributed by atoms with Crippen molar-refractivity contribution in [3.63, 3.8) is 0 Å². The van der Waals surface area contributed by atoms with Crippen molar-refractivity contribution in [1.82, 2.24) is 14.5 Å². The highest BCUT2D eigenvalue weighted by molar-refractivity contribution is 6.34. The fourth-order valence-corrected chi connectivity index (χ4v) is 4.10. The minimum absolute atomic E-state index is 0.0557. The van der Waals surface area contributed by atoms with Gasteiger partial charge in [0.2, 0.25) is 0 Å². The zero-order valence-corrected chi connectivity index (χ0v) is 15.7. The third-order valence-electron chi connectivity index (χ3n) is 5.23. The molecule has 0 N–H and O–H groups in total. The van der Waals surface area contributed by atoms with E-state index in [1.54, 1.807) is 5.01 Å². The highest BCUT2D eigenvalue weighted by Crippen LogP contribution is 2.34. The Labute approximate surface area is 158 Å². The summed E-state index contributed by atoms with van der Waals surface area (Å²) in [5.74, 6) is 0.0557. The maximum absolute atomic E-state index is 13.0. The first-order chi connectivity index (χ1) is 12.6. The Bertz CT molecular complexity index is 838. The topological polar surface area (TPSA) is 40.8 Å². The fraction of sp³-hybridized carbons (Fsp3) is 0.400. The Kier molecular flexibility index (Phi) is 4.83. The highest BCUT2D eigenvalue weighted by Gasteiger charge is 2.35. The van der Waals surface area contributed by atoms with Crippen molar-refractivity contribution in [2.24, 2.45) is 12.1 Å². The summed E-state index contributed by atoms with van der Waals surface area (Å²) in [5.41, 5.74) is 2.87. The number of aromatic nitrogens is 1. The monoisotopic (exact) mass is 370 g/mol. The first kappa shape index (κ1) is 17.3. The van der Waals surface area contributed by atoms with E-state index < -0.39 is 0 Å². The van der Waals surface area contributed by atoms with Crippen LogP contribution in [0.3, 0.4) is 0 Å². The molecule has 4 rings (SSSR count). The third kappa shape index (κ3) is 3.29. The van der Waals surface area contributed by atoms with Gasteiger partial charge in [0, 0.05) is 35.9 Å². The highest BCUT2D eigenvalue weighted by atomic mass is 35.5. The van der Waals surface area contributed by atoms with E-state index in [0.29, 0.717) is 18.0 Å². The van der Waals surface area contributed by atoms with Crippen LogP contribution < -0.4 is 0 Å². The molecule has 2 aromatic rings. The van der Waals surface area contributed by atoms with E-state index in [-0.39, 0.29) is 11.9 Å². The molecular weight excluding hydrogens is 348 g/mol. The number of amides is 1. The number of nitrogens with zero attached hydrogens (tertiary/aromatic N) is 4. The van der Waals surface area contributed by atoms with Crippen molar-refractivity contribution < 1.29 is 4.79 Å². The predicted octanol–water partition coefficient (Wildman–Crippen LogP) is 3.45. The number of rotatable bonds is 4. The fourth-order valence-electron chi connectivity index (χ4n) is 3.85. The standard InChI is InChI=1S/C20H23ClN4O/c1-23-10-6-9-18(23)19-13-17(15-7-2-3-8-16(15)21)22-25(19)20(26)14-24-11-4-5-12-24/h2-3,6-10,19H,4-5,11-14H2,1H3. The molecule has 1 aromatic carbocycles. The molecule has 26 heavy (non-hydrogen) atoms. The van der Waals surface area contributed by atoms with E-state index in [0.717, 1.165) is 30.1 Å². The van der Waals surface area contributed by atoms with Gasteiger partial charge in [-0.3, -0.25) is 9.69 Å². The van der Waals surface area contributed by atoms with Crippen molar-refractivity contribution >= 4 is 23.2 Å². The van der Waals surface area contributed by atoms with Gasteiger partial charge in [-0.05, 0) is 44.1 Å². The van der Waals surface area contributed by atoms with Gasteiger partial charge in [-0.1, -0.05) is 29.8 Å². The molecule has 0 radical (unpaired) electrons. The molecule has 0 aliphatic carbocycles. The number of carbonyl (C=O) groups is 1. The van der Waals surface area contributed by atoms with Gasteiger partial charge in [0.1, 0.15) is 6.04 Å². The first-order valence-corrected chi connectivity index (χ1v) is 9.49. The van der Waals surface area contributed by atoms with Crippen LogP contribution in [-0.4, -0.2) is 45.7 Å². The molecule has 1 atom stereocenters. The number of hydrogen-bond acceptors (Lipinski definition) is 3. The summed E-state index contributed by atoms with van der Waals surface area (Å²) in [6.07, 6.45) is 5.02. The Morgan fingerprint density at radius 3 is 2.65 bits per heavy atom. The lowest BCUT2D eigenvalue weighted by atomic mass is 10.0. The average molecular weight is 371 g/mol. The molecule has 3 heterocycles. The Morgan fingerprint density at radius 2 is 1.96 bits per heavy atom. The van der Waals surface area contributed by atoms with Crippen molar-refractivity contribution in [3.05, 3.63) is 58.9 Å². The largest absolute Gasteiger partial charge is 0.353 e. The first-order valence-electron chi connectivity index (χ1n) is 9.11. The van der Waals surface area contributed by atoms with Crippen LogP contribution in [0.25, 0.3) is 0 Å². The number of carbonyl (C=O) groups excluding carboxylic acids is 1. The lowest BCUT2D eigenvalue weighted by Gasteiger charge is -2.24. The zero-order chi connectivity index (χ0) is 18.1. The smallest absolute Gasteiger partial charge is 0.257 e. The van der Waals surface area contributed by atoms with Crippen molar-refractivity contribution in [2.75, 3.05) is 19.6 Å². The van der Waals surface area contributed by atoms with E-state index in [4.69, 9.17) is 16.7 Å². The van der Waals surface area contributed by atoms with Crippen LogP contribution in [0.2, 0.25) is 5.02 Å². The number of hydrogen-bond donors (Lipinski definition) is 0. The van der Waals surface area contributed by atoms with Gasteiger partial charge in [0.25, 0.3) is 5.91 Å². The third-order valence-corrected chi connectivity index (χ3v) is 5.56. The van der Waals surface area contributed by atoms with Crippen LogP contribution in [0, 0.1) is 0 Å². The maximum atomic E-state index is 13.0. The normalized spacial score (nSPS) is 20.6. The van der Waals surface area contributed by atoms with E-state index in [1.807, 2.05) is 43.6 Å². The van der Waals surface area contributed by atoms with E-state index >= 15 is 0 Å². The summed E-state index contributed by atoms with van der Waals surface area (Å²) in [5, 5.41) is 7.06. The van der Waals surface area contributed by atoms with Gasteiger partial charge in [-0.25, -0.2) is 5.01 Å². The number of hydrazone groups is 1. The quantitative estimate of drug-likeness (QED) is 0.827. The van der Waals surface area contributed by atoms with Crippen LogP contribution in [0.15, 0.2) is 47.7 Å². The lowest BCUT2D eigenvalue weighted by Crippen LogP contribution is -2.37. The van der Waals surface area contributed by atoms with Crippen molar-refractivity contribution in [1.29, 1.82) is 0 Å². The summed E-state index contributed by atoms with van der Waals surface area (Å²) >= 11 is 6.38. The summed E-state index contributed by atoms with van der Waals surface area (Å²) in [6.45, 7) is 2.42. The number of halogens is 1. The van der Waals surface area contributed by atoms with Crippen LogP contribution in [0.5, 0.6) is 0 Å². The molecular formula is C20H23ClN4O.